The minimum absolute atomic E-state index is 0.0493. The van der Waals surface area contributed by atoms with Gasteiger partial charge < -0.3 is 9.64 Å². The van der Waals surface area contributed by atoms with Crippen molar-refractivity contribution in [2.24, 2.45) is 0 Å². The number of pyridine rings is 1. The third-order valence-corrected chi connectivity index (χ3v) is 3.92. The van der Waals surface area contributed by atoms with Crippen LogP contribution in [0.25, 0.3) is 0 Å². The Balaban J connectivity index is 2.12. The first-order valence-electron chi connectivity index (χ1n) is 5.29. The molecule has 1 fully saturated rings. The van der Waals surface area contributed by atoms with E-state index in [0.717, 1.165) is 9.80 Å². The van der Waals surface area contributed by atoms with Crippen LogP contribution in [0.1, 0.15) is 10.5 Å². The standard InChI is InChI=1S/C11H12Br2N2O2/c12-6-8-7-15(4-5-17-8)11(16)10-9(13)2-1-3-14-10/h1-3,8H,4-7H2. The van der Waals surface area contributed by atoms with Gasteiger partial charge in [-0.3, -0.25) is 4.79 Å². The van der Waals surface area contributed by atoms with E-state index in [1.54, 1.807) is 17.2 Å². The Morgan fingerprint density at radius 1 is 1.65 bits per heavy atom. The van der Waals surface area contributed by atoms with Gasteiger partial charge in [0.05, 0.1) is 12.7 Å². The fraction of sp³-hybridized carbons (Fsp3) is 0.455. The average molecular weight is 364 g/mol. The molecule has 0 aliphatic carbocycles. The van der Waals surface area contributed by atoms with Crippen molar-refractivity contribution in [3.05, 3.63) is 28.5 Å². The molecule has 1 aliphatic rings. The number of carbonyl (C=O) groups is 1. The minimum atomic E-state index is -0.0493. The number of morpholine rings is 1. The number of carbonyl (C=O) groups excluding carboxylic acids is 1. The van der Waals surface area contributed by atoms with Crippen molar-refractivity contribution in [2.75, 3.05) is 25.0 Å². The Bertz CT molecular complexity index is 414. The molecule has 0 aromatic carbocycles. The topological polar surface area (TPSA) is 42.4 Å². The number of ether oxygens (including phenoxy) is 1. The van der Waals surface area contributed by atoms with Crippen molar-refractivity contribution < 1.29 is 9.53 Å². The first-order valence-corrected chi connectivity index (χ1v) is 7.21. The summed E-state index contributed by atoms with van der Waals surface area (Å²) in [5.41, 5.74) is 0.461. The lowest BCUT2D eigenvalue weighted by atomic mass is 10.2. The Morgan fingerprint density at radius 2 is 2.47 bits per heavy atom. The third kappa shape index (κ3) is 3.05. The molecule has 1 aromatic heterocycles. The second-order valence-corrected chi connectivity index (χ2v) is 5.23. The largest absolute Gasteiger partial charge is 0.374 e. The molecule has 0 bridgehead atoms. The summed E-state index contributed by atoms with van der Waals surface area (Å²) in [5, 5.41) is 0.736. The minimum Gasteiger partial charge on any atom is -0.374 e. The van der Waals surface area contributed by atoms with Crippen molar-refractivity contribution in [1.29, 1.82) is 0 Å². The SMILES string of the molecule is O=C(c1ncccc1Br)N1CCOC(CBr)C1. The van der Waals surface area contributed by atoms with Crippen LogP contribution in [0.4, 0.5) is 0 Å². The number of halogens is 2. The zero-order valence-electron chi connectivity index (χ0n) is 9.10. The normalized spacial score (nSPS) is 20.4. The summed E-state index contributed by atoms with van der Waals surface area (Å²) in [6.45, 7) is 1.80. The molecule has 1 aliphatic heterocycles. The van der Waals surface area contributed by atoms with Gasteiger partial charge in [-0.05, 0) is 28.1 Å². The second-order valence-electron chi connectivity index (χ2n) is 3.73. The van der Waals surface area contributed by atoms with Gasteiger partial charge >= 0.3 is 0 Å². The van der Waals surface area contributed by atoms with E-state index < -0.39 is 0 Å². The number of aromatic nitrogens is 1. The van der Waals surface area contributed by atoms with E-state index in [2.05, 4.69) is 36.8 Å². The molecule has 2 heterocycles. The zero-order valence-corrected chi connectivity index (χ0v) is 12.3. The Kier molecular flexibility index (Phi) is 4.53. The fourth-order valence-electron chi connectivity index (χ4n) is 1.69. The van der Waals surface area contributed by atoms with E-state index in [1.165, 1.54) is 0 Å². The van der Waals surface area contributed by atoms with Crippen molar-refractivity contribution in [2.45, 2.75) is 6.10 Å². The highest BCUT2D eigenvalue weighted by molar-refractivity contribution is 9.10. The lowest BCUT2D eigenvalue weighted by molar-refractivity contribution is -0.00991. The van der Waals surface area contributed by atoms with Gasteiger partial charge in [-0.2, -0.15) is 0 Å². The maximum atomic E-state index is 12.2. The summed E-state index contributed by atoms with van der Waals surface area (Å²) in [7, 11) is 0. The molecule has 0 radical (unpaired) electrons. The first kappa shape index (κ1) is 13.0. The summed E-state index contributed by atoms with van der Waals surface area (Å²) in [4.78, 5) is 18.1. The molecule has 0 N–H and O–H groups in total. The third-order valence-electron chi connectivity index (χ3n) is 2.56. The molecule has 6 heteroatoms. The van der Waals surface area contributed by atoms with Crippen LogP contribution < -0.4 is 0 Å². The lowest BCUT2D eigenvalue weighted by Crippen LogP contribution is -2.46. The summed E-state index contributed by atoms with van der Waals surface area (Å²) in [5.74, 6) is -0.0493. The van der Waals surface area contributed by atoms with Crippen molar-refractivity contribution in [3.8, 4) is 0 Å². The van der Waals surface area contributed by atoms with Gasteiger partial charge in [-0.1, -0.05) is 15.9 Å². The highest BCUT2D eigenvalue weighted by atomic mass is 79.9. The summed E-state index contributed by atoms with van der Waals surface area (Å²) in [6.07, 6.45) is 1.69. The smallest absolute Gasteiger partial charge is 0.273 e. The van der Waals surface area contributed by atoms with Gasteiger partial charge in [0.25, 0.3) is 5.91 Å². The van der Waals surface area contributed by atoms with E-state index in [4.69, 9.17) is 4.74 Å². The number of hydrogen-bond acceptors (Lipinski definition) is 3. The Labute approximate surface area is 117 Å². The van der Waals surface area contributed by atoms with E-state index in [-0.39, 0.29) is 12.0 Å². The number of hydrogen-bond donors (Lipinski definition) is 0. The highest BCUT2D eigenvalue weighted by Gasteiger charge is 2.26. The lowest BCUT2D eigenvalue weighted by Gasteiger charge is -2.32. The van der Waals surface area contributed by atoms with E-state index in [1.807, 2.05) is 6.07 Å². The number of amides is 1. The van der Waals surface area contributed by atoms with Crippen LogP contribution >= 0.6 is 31.9 Å². The van der Waals surface area contributed by atoms with Crippen LogP contribution in [-0.2, 0) is 4.74 Å². The quantitative estimate of drug-likeness (QED) is 0.755. The molecule has 1 amide bonds. The first-order chi connectivity index (χ1) is 8.22. The van der Waals surface area contributed by atoms with Crippen LogP contribution in [0.3, 0.4) is 0 Å². The van der Waals surface area contributed by atoms with Gasteiger partial charge in [-0.25, -0.2) is 4.98 Å². The van der Waals surface area contributed by atoms with Gasteiger partial charge in [0.15, 0.2) is 0 Å². The molecular formula is C11H12Br2N2O2. The Morgan fingerprint density at radius 3 is 3.18 bits per heavy atom. The highest BCUT2D eigenvalue weighted by Crippen LogP contribution is 2.17. The second kappa shape index (κ2) is 5.93. The van der Waals surface area contributed by atoms with Crippen LogP contribution in [0.15, 0.2) is 22.8 Å². The molecule has 4 nitrogen and oxygen atoms in total. The van der Waals surface area contributed by atoms with Crippen molar-refractivity contribution in [1.82, 2.24) is 9.88 Å². The molecule has 1 atom stereocenters. The van der Waals surface area contributed by atoms with Crippen molar-refractivity contribution >= 4 is 37.8 Å². The predicted octanol–water partition coefficient (Wildman–Crippen LogP) is 2.08. The van der Waals surface area contributed by atoms with Gasteiger partial charge in [0.2, 0.25) is 0 Å². The molecule has 1 unspecified atom stereocenters. The van der Waals surface area contributed by atoms with Crippen molar-refractivity contribution in [3.63, 3.8) is 0 Å². The maximum absolute atomic E-state index is 12.2. The molecule has 17 heavy (non-hydrogen) atoms. The predicted molar refractivity (Wildman–Crippen MR) is 71.4 cm³/mol. The Hall–Kier alpha value is -0.460. The van der Waals surface area contributed by atoms with Crippen LogP contribution in [0.2, 0.25) is 0 Å². The fourth-order valence-corrected chi connectivity index (χ4v) is 2.51. The molecule has 1 saturated heterocycles. The number of alkyl halides is 1. The zero-order chi connectivity index (χ0) is 12.3. The van der Waals surface area contributed by atoms with Gasteiger partial charge in [-0.15, -0.1) is 0 Å². The monoisotopic (exact) mass is 362 g/mol. The van der Waals surface area contributed by atoms with Crippen LogP contribution in [0, 0.1) is 0 Å². The van der Waals surface area contributed by atoms with Gasteiger partial charge in [0, 0.05) is 29.1 Å². The van der Waals surface area contributed by atoms with Gasteiger partial charge in [0.1, 0.15) is 5.69 Å². The maximum Gasteiger partial charge on any atom is 0.273 e. The molecule has 1 aromatic rings. The molecule has 0 saturated carbocycles. The van der Waals surface area contributed by atoms with E-state index >= 15 is 0 Å². The van der Waals surface area contributed by atoms with Crippen LogP contribution in [-0.4, -0.2) is 46.9 Å². The summed E-state index contributed by atoms with van der Waals surface area (Å²) in [6, 6.07) is 3.62. The summed E-state index contributed by atoms with van der Waals surface area (Å²) < 4.78 is 6.23. The molecule has 2 rings (SSSR count). The van der Waals surface area contributed by atoms with E-state index in [0.29, 0.717) is 25.4 Å². The number of rotatable bonds is 2. The average Bonchev–Trinajstić information content (AvgIpc) is 2.38. The molecule has 92 valence electrons. The number of nitrogens with zero attached hydrogens (tertiary/aromatic N) is 2. The van der Waals surface area contributed by atoms with E-state index in [9.17, 15) is 4.79 Å². The molecular weight excluding hydrogens is 352 g/mol. The molecule has 0 spiro atoms. The van der Waals surface area contributed by atoms with Crippen LogP contribution in [0.5, 0.6) is 0 Å². The summed E-state index contributed by atoms with van der Waals surface area (Å²) >= 11 is 6.72.